The van der Waals surface area contributed by atoms with Crippen LogP contribution in [0.25, 0.3) is 10.2 Å². The number of hydrogen-bond acceptors (Lipinski definition) is 4. The highest BCUT2D eigenvalue weighted by atomic mass is 35.5. The number of ether oxygens (including phenoxy) is 1. The molecule has 1 fully saturated rings. The maximum Gasteiger partial charge on any atom is 0.260 e. The minimum atomic E-state index is 0.0192. The van der Waals surface area contributed by atoms with E-state index in [1.807, 2.05) is 23.1 Å². The van der Waals surface area contributed by atoms with Gasteiger partial charge in [0.15, 0.2) is 6.61 Å². The molecule has 3 aromatic rings. The van der Waals surface area contributed by atoms with Gasteiger partial charge in [-0.2, -0.15) is 0 Å². The van der Waals surface area contributed by atoms with Crippen LogP contribution in [-0.4, -0.2) is 35.5 Å². The van der Waals surface area contributed by atoms with Crippen molar-refractivity contribution in [1.29, 1.82) is 0 Å². The van der Waals surface area contributed by atoms with Crippen molar-refractivity contribution in [3.8, 4) is 5.75 Å². The van der Waals surface area contributed by atoms with Crippen LogP contribution in [0, 0.1) is 0 Å². The molecule has 1 amide bonds. The molecule has 0 aliphatic carbocycles. The molecule has 1 aromatic heterocycles. The molecule has 4 rings (SSSR count). The molecule has 1 aliphatic heterocycles. The fourth-order valence-electron chi connectivity index (χ4n) is 3.24. The summed E-state index contributed by atoms with van der Waals surface area (Å²) in [4.78, 5) is 19.2. The molecular formula is C20H19ClN2O2S. The summed E-state index contributed by atoms with van der Waals surface area (Å²) in [7, 11) is 0. The molecule has 2 heterocycles. The normalized spacial score (nSPS) is 17.4. The van der Waals surface area contributed by atoms with Gasteiger partial charge in [0.05, 0.1) is 15.2 Å². The second-order valence-corrected chi connectivity index (χ2v) is 7.94. The van der Waals surface area contributed by atoms with E-state index in [1.54, 1.807) is 35.6 Å². The number of halogens is 1. The average molecular weight is 387 g/mol. The Hall–Kier alpha value is -2.11. The molecule has 0 N–H and O–H groups in total. The molecular weight excluding hydrogens is 368 g/mol. The van der Waals surface area contributed by atoms with Crippen molar-refractivity contribution in [2.75, 3.05) is 19.7 Å². The second-order valence-electron chi connectivity index (χ2n) is 6.44. The monoisotopic (exact) mass is 386 g/mol. The van der Waals surface area contributed by atoms with Crippen LogP contribution < -0.4 is 4.74 Å². The molecule has 0 saturated carbocycles. The van der Waals surface area contributed by atoms with Gasteiger partial charge in [-0.1, -0.05) is 23.7 Å². The first-order valence-electron chi connectivity index (χ1n) is 8.70. The first-order chi connectivity index (χ1) is 12.7. The summed E-state index contributed by atoms with van der Waals surface area (Å²) in [6, 6.07) is 15.2. The second kappa shape index (κ2) is 7.64. The van der Waals surface area contributed by atoms with Gasteiger partial charge < -0.3 is 9.64 Å². The predicted molar refractivity (Wildman–Crippen MR) is 105 cm³/mol. The first kappa shape index (κ1) is 17.3. The molecule has 4 nitrogen and oxygen atoms in total. The number of hydrogen-bond donors (Lipinski definition) is 0. The molecule has 2 aromatic carbocycles. The van der Waals surface area contributed by atoms with Crippen LogP contribution >= 0.6 is 22.9 Å². The van der Waals surface area contributed by atoms with Gasteiger partial charge in [-0.25, -0.2) is 4.98 Å². The molecule has 1 aliphatic rings. The number of carbonyl (C=O) groups is 1. The van der Waals surface area contributed by atoms with E-state index in [0.29, 0.717) is 23.2 Å². The lowest BCUT2D eigenvalue weighted by molar-refractivity contribution is -0.134. The summed E-state index contributed by atoms with van der Waals surface area (Å²) < 4.78 is 6.81. The summed E-state index contributed by atoms with van der Waals surface area (Å²) in [6.07, 6.45) is 2.06. The fraction of sp³-hybridized carbons (Fsp3) is 0.300. The predicted octanol–water partition coefficient (Wildman–Crippen LogP) is 4.73. The van der Waals surface area contributed by atoms with E-state index in [-0.39, 0.29) is 12.5 Å². The highest BCUT2D eigenvalue weighted by Gasteiger charge is 2.27. The van der Waals surface area contributed by atoms with Crippen LogP contribution in [0.3, 0.4) is 0 Å². The van der Waals surface area contributed by atoms with Crippen molar-refractivity contribution < 1.29 is 9.53 Å². The maximum atomic E-state index is 12.5. The van der Waals surface area contributed by atoms with Crippen molar-refractivity contribution in [3.63, 3.8) is 0 Å². The van der Waals surface area contributed by atoms with Crippen LogP contribution in [0.4, 0.5) is 0 Å². The van der Waals surface area contributed by atoms with Gasteiger partial charge in [-0.05, 0) is 49.2 Å². The van der Waals surface area contributed by atoms with Crippen LogP contribution in [0.15, 0.2) is 48.5 Å². The highest BCUT2D eigenvalue weighted by Crippen LogP contribution is 2.33. The Morgan fingerprint density at radius 1 is 1.23 bits per heavy atom. The standard InChI is InChI=1S/C20H19ClN2O2S/c21-15-7-9-16(10-8-15)25-13-19(24)23-11-3-4-14(12-23)20-22-17-5-1-2-6-18(17)26-20/h1-2,5-10,14H,3-4,11-13H2/t14-/m0/s1. The lowest BCUT2D eigenvalue weighted by atomic mass is 9.99. The molecule has 1 atom stereocenters. The number of aromatic nitrogens is 1. The molecule has 0 spiro atoms. The summed E-state index contributed by atoms with van der Waals surface area (Å²) in [5.74, 6) is 0.980. The summed E-state index contributed by atoms with van der Waals surface area (Å²) in [5.41, 5.74) is 1.04. The van der Waals surface area contributed by atoms with Gasteiger partial charge in [0.2, 0.25) is 0 Å². The molecule has 1 saturated heterocycles. The van der Waals surface area contributed by atoms with Gasteiger partial charge in [-0.15, -0.1) is 11.3 Å². The van der Waals surface area contributed by atoms with Crippen molar-refractivity contribution in [2.24, 2.45) is 0 Å². The third-order valence-electron chi connectivity index (χ3n) is 4.61. The minimum absolute atomic E-state index is 0.0192. The van der Waals surface area contributed by atoms with E-state index in [0.717, 1.165) is 29.9 Å². The number of carbonyl (C=O) groups excluding carboxylic acids is 1. The van der Waals surface area contributed by atoms with E-state index in [1.165, 1.54) is 4.70 Å². The molecule has 134 valence electrons. The lowest BCUT2D eigenvalue weighted by Crippen LogP contribution is -2.41. The number of amides is 1. The third kappa shape index (κ3) is 3.84. The summed E-state index contributed by atoms with van der Waals surface area (Å²) >= 11 is 7.60. The summed E-state index contributed by atoms with van der Waals surface area (Å²) in [5, 5.41) is 1.78. The molecule has 6 heteroatoms. The van der Waals surface area contributed by atoms with Crippen LogP contribution in [0.2, 0.25) is 5.02 Å². The molecule has 0 radical (unpaired) electrons. The minimum Gasteiger partial charge on any atom is -0.484 e. The van der Waals surface area contributed by atoms with Crippen molar-refractivity contribution >= 4 is 39.1 Å². The number of thiazole rings is 1. The third-order valence-corrected chi connectivity index (χ3v) is 6.06. The average Bonchev–Trinajstić information content (AvgIpc) is 3.12. The smallest absolute Gasteiger partial charge is 0.260 e. The van der Waals surface area contributed by atoms with E-state index in [9.17, 15) is 4.79 Å². The van der Waals surface area contributed by atoms with E-state index in [2.05, 4.69) is 6.07 Å². The van der Waals surface area contributed by atoms with Crippen LogP contribution in [-0.2, 0) is 4.79 Å². The SMILES string of the molecule is O=C(COc1ccc(Cl)cc1)N1CCC[C@H](c2nc3ccccc3s2)C1. The maximum absolute atomic E-state index is 12.5. The number of benzene rings is 2. The zero-order chi connectivity index (χ0) is 17.9. The van der Waals surface area contributed by atoms with Crippen molar-refractivity contribution in [2.45, 2.75) is 18.8 Å². The quantitative estimate of drug-likeness (QED) is 0.650. The molecule has 26 heavy (non-hydrogen) atoms. The number of likely N-dealkylation sites (tertiary alicyclic amines) is 1. The van der Waals surface area contributed by atoms with Gasteiger partial charge in [-0.3, -0.25) is 4.79 Å². The van der Waals surface area contributed by atoms with Gasteiger partial charge in [0.1, 0.15) is 5.75 Å². The fourth-order valence-corrected chi connectivity index (χ4v) is 4.46. The Labute approximate surface area is 161 Å². The Morgan fingerprint density at radius 2 is 2.04 bits per heavy atom. The van der Waals surface area contributed by atoms with Crippen molar-refractivity contribution in [3.05, 3.63) is 58.6 Å². The van der Waals surface area contributed by atoms with Crippen LogP contribution in [0.5, 0.6) is 5.75 Å². The first-order valence-corrected chi connectivity index (χ1v) is 9.90. The largest absolute Gasteiger partial charge is 0.484 e. The Bertz CT molecular complexity index is 877. The van der Waals surface area contributed by atoms with E-state index < -0.39 is 0 Å². The zero-order valence-electron chi connectivity index (χ0n) is 14.2. The van der Waals surface area contributed by atoms with E-state index >= 15 is 0 Å². The lowest BCUT2D eigenvalue weighted by Gasteiger charge is -2.31. The number of fused-ring (bicyclic) bond motifs is 1. The van der Waals surface area contributed by atoms with Gasteiger partial charge in [0, 0.05) is 24.0 Å². The van der Waals surface area contributed by atoms with Gasteiger partial charge >= 0.3 is 0 Å². The molecule has 0 unspecified atom stereocenters. The summed E-state index contributed by atoms with van der Waals surface area (Å²) in [6.45, 7) is 1.54. The van der Waals surface area contributed by atoms with E-state index in [4.69, 9.17) is 21.3 Å². The number of rotatable bonds is 4. The Balaban J connectivity index is 1.39. The van der Waals surface area contributed by atoms with Crippen molar-refractivity contribution in [1.82, 2.24) is 9.88 Å². The van der Waals surface area contributed by atoms with Gasteiger partial charge in [0.25, 0.3) is 5.91 Å². The highest BCUT2D eigenvalue weighted by molar-refractivity contribution is 7.18. The number of nitrogens with zero attached hydrogens (tertiary/aromatic N) is 2. The number of para-hydroxylation sites is 1. The van der Waals surface area contributed by atoms with Crippen LogP contribution in [0.1, 0.15) is 23.8 Å². The number of piperidine rings is 1. The topological polar surface area (TPSA) is 42.4 Å². The molecule has 0 bridgehead atoms. The Morgan fingerprint density at radius 3 is 2.85 bits per heavy atom. The zero-order valence-corrected chi connectivity index (χ0v) is 15.8. The Kier molecular flexibility index (Phi) is 5.09.